The summed E-state index contributed by atoms with van der Waals surface area (Å²) in [6.07, 6.45) is 2.17. The summed E-state index contributed by atoms with van der Waals surface area (Å²) < 4.78 is 0.675. The molecule has 0 bridgehead atoms. The summed E-state index contributed by atoms with van der Waals surface area (Å²) in [7, 11) is 0. The number of piperidine rings is 1. The van der Waals surface area contributed by atoms with Gasteiger partial charge in [-0.05, 0) is 40.5 Å². The zero-order valence-electron chi connectivity index (χ0n) is 11.3. The Kier molecular flexibility index (Phi) is 2.80. The molecule has 0 spiro atoms. The highest BCUT2D eigenvalue weighted by atomic mass is 79.9. The summed E-state index contributed by atoms with van der Waals surface area (Å²) in [6, 6.07) is 4.66. The third-order valence-electron chi connectivity index (χ3n) is 4.05. The summed E-state index contributed by atoms with van der Waals surface area (Å²) in [5.41, 5.74) is 1.89. The van der Waals surface area contributed by atoms with E-state index in [1.807, 2.05) is 6.07 Å². The first-order valence-electron chi connectivity index (χ1n) is 6.82. The van der Waals surface area contributed by atoms with Crippen molar-refractivity contribution in [2.45, 2.75) is 18.9 Å². The summed E-state index contributed by atoms with van der Waals surface area (Å²) in [4.78, 5) is 42.0. The van der Waals surface area contributed by atoms with Crippen LogP contribution in [0.25, 0.3) is 10.9 Å². The van der Waals surface area contributed by atoms with E-state index in [1.165, 1.54) is 4.90 Å². The van der Waals surface area contributed by atoms with E-state index in [-0.39, 0.29) is 18.2 Å². The Morgan fingerprint density at radius 3 is 2.82 bits per heavy atom. The van der Waals surface area contributed by atoms with E-state index in [0.717, 1.165) is 5.39 Å². The van der Waals surface area contributed by atoms with Crippen LogP contribution in [0.5, 0.6) is 0 Å². The first kappa shape index (κ1) is 13.4. The number of rotatable bonds is 1. The van der Waals surface area contributed by atoms with Crippen LogP contribution in [0.15, 0.2) is 28.9 Å². The third kappa shape index (κ3) is 1.72. The Morgan fingerprint density at radius 1 is 1.23 bits per heavy atom. The first-order valence-corrected chi connectivity index (χ1v) is 7.61. The molecule has 0 radical (unpaired) electrons. The van der Waals surface area contributed by atoms with E-state index in [9.17, 15) is 14.4 Å². The molecule has 4 rings (SSSR count). The van der Waals surface area contributed by atoms with Crippen molar-refractivity contribution in [2.75, 3.05) is 4.90 Å². The second-order valence-electron chi connectivity index (χ2n) is 5.29. The average molecular weight is 360 g/mol. The van der Waals surface area contributed by atoms with Crippen LogP contribution in [0, 0.1) is 0 Å². The number of pyridine rings is 1. The maximum absolute atomic E-state index is 12.8. The van der Waals surface area contributed by atoms with Gasteiger partial charge in [0.1, 0.15) is 6.04 Å². The van der Waals surface area contributed by atoms with Gasteiger partial charge in [0.2, 0.25) is 11.8 Å². The zero-order valence-corrected chi connectivity index (χ0v) is 12.9. The van der Waals surface area contributed by atoms with Crippen LogP contribution in [0.2, 0.25) is 0 Å². The highest BCUT2D eigenvalue weighted by Crippen LogP contribution is 2.41. The lowest BCUT2D eigenvalue weighted by molar-refractivity contribution is -0.134. The summed E-state index contributed by atoms with van der Waals surface area (Å²) in [5.74, 6) is -0.972. The standard InChI is InChI=1S/C15H10BrN3O3/c16-7-1-2-8-13-9(5-6-17-8)19(15(22)12(7)13)10-3-4-11(20)18-14(10)21/h1-2,5-6,10H,3-4H2,(H,18,20,21). The van der Waals surface area contributed by atoms with Gasteiger partial charge in [-0.1, -0.05) is 0 Å². The number of halogens is 1. The molecule has 6 nitrogen and oxygen atoms in total. The van der Waals surface area contributed by atoms with Crippen molar-refractivity contribution in [3.8, 4) is 0 Å². The molecule has 0 saturated carbocycles. The van der Waals surface area contributed by atoms with E-state index in [0.29, 0.717) is 27.7 Å². The molecule has 1 aromatic carbocycles. The van der Waals surface area contributed by atoms with E-state index < -0.39 is 11.9 Å². The predicted octanol–water partition coefficient (Wildman–Crippen LogP) is 1.76. The minimum Gasteiger partial charge on any atom is -0.295 e. The number of hydrogen-bond acceptors (Lipinski definition) is 4. The molecule has 1 saturated heterocycles. The number of hydrogen-bond donors (Lipinski definition) is 1. The van der Waals surface area contributed by atoms with Crippen molar-refractivity contribution in [3.63, 3.8) is 0 Å². The van der Waals surface area contributed by atoms with Gasteiger partial charge in [-0.3, -0.25) is 29.6 Å². The van der Waals surface area contributed by atoms with E-state index in [1.54, 1.807) is 18.3 Å². The SMILES string of the molecule is O=C1CCC(N2C(=O)c3c(Br)ccc4nccc2c34)C(=O)N1. The Hall–Kier alpha value is -2.28. The normalized spacial score (nSPS) is 20.7. The van der Waals surface area contributed by atoms with Gasteiger partial charge in [0.15, 0.2) is 0 Å². The van der Waals surface area contributed by atoms with Gasteiger partial charge in [-0.15, -0.1) is 0 Å². The average Bonchev–Trinajstić information content (AvgIpc) is 2.78. The second kappa shape index (κ2) is 4.61. The number of nitrogens with zero attached hydrogens (tertiary/aromatic N) is 2. The molecule has 0 aliphatic carbocycles. The number of imide groups is 1. The maximum Gasteiger partial charge on any atom is 0.260 e. The molecule has 22 heavy (non-hydrogen) atoms. The Bertz CT molecular complexity index is 864. The number of anilines is 1. The van der Waals surface area contributed by atoms with Crippen molar-refractivity contribution in [1.29, 1.82) is 0 Å². The molecule has 1 fully saturated rings. The molecule has 2 aliphatic rings. The van der Waals surface area contributed by atoms with Crippen molar-refractivity contribution >= 4 is 50.2 Å². The van der Waals surface area contributed by atoms with Gasteiger partial charge >= 0.3 is 0 Å². The van der Waals surface area contributed by atoms with Gasteiger partial charge in [0.05, 0.1) is 16.8 Å². The van der Waals surface area contributed by atoms with Crippen molar-refractivity contribution in [1.82, 2.24) is 10.3 Å². The predicted molar refractivity (Wildman–Crippen MR) is 82.4 cm³/mol. The molecule has 3 amide bonds. The zero-order chi connectivity index (χ0) is 15.4. The number of aromatic nitrogens is 1. The van der Waals surface area contributed by atoms with Crippen LogP contribution in [-0.2, 0) is 9.59 Å². The van der Waals surface area contributed by atoms with Crippen LogP contribution in [0.4, 0.5) is 5.69 Å². The minimum absolute atomic E-state index is 0.228. The third-order valence-corrected chi connectivity index (χ3v) is 4.71. The smallest absolute Gasteiger partial charge is 0.260 e. The van der Waals surface area contributed by atoms with Crippen LogP contribution >= 0.6 is 15.9 Å². The molecule has 3 heterocycles. The fraction of sp³-hybridized carbons (Fsp3) is 0.200. The molecule has 1 atom stereocenters. The summed E-state index contributed by atoms with van der Waals surface area (Å²) in [5, 5.41) is 3.04. The Balaban J connectivity index is 1.89. The van der Waals surface area contributed by atoms with Gasteiger partial charge in [-0.2, -0.15) is 0 Å². The van der Waals surface area contributed by atoms with Gasteiger partial charge in [0.25, 0.3) is 5.91 Å². The lowest BCUT2D eigenvalue weighted by atomic mass is 10.0. The summed E-state index contributed by atoms with van der Waals surface area (Å²) >= 11 is 3.40. The second-order valence-corrected chi connectivity index (χ2v) is 6.14. The fourth-order valence-electron chi connectivity index (χ4n) is 3.08. The van der Waals surface area contributed by atoms with Crippen molar-refractivity contribution in [2.24, 2.45) is 0 Å². The van der Waals surface area contributed by atoms with Crippen LogP contribution in [-0.4, -0.2) is 28.7 Å². The number of amides is 3. The number of nitrogens with one attached hydrogen (secondary N) is 1. The first-order chi connectivity index (χ1) is 10.6. The monoisotopic (exact) mass is 359 g/mol. The van der Waals surface area contributed by atoms with Crippen LogP contribution in [0.3, 0.4) is 0 Å². The maximum atomic E-state index is 12.8. The number of benzene rings is 1. The fourth-order valence-corrected chi connectivity index (χ4v) is 3.58. The summed E-state index contributed by atoms with van der Waals surface area (Å²) in [6.45, 7) is 0. The lowest BCUT2D eigenvalue weighted by Crippen LogP contribution is -2.53. The van der Waals surface area contributed by atoms with Crippen LogP contribution in [0.1, 0.15) is 23.2 Å². The molecule has 2 aliphatic heterocycles. The van der Waals surface area contributed by atoms with E-state index in [4.69, 9.17) is 0 Å². The number of carbonyl (C=O) groups excluding carboxylic acids is 3. The molecule has 1 aromatic heterocycles. The molecule has 1 N–H and O–H groups in total. The van der Waals surface area contributed by atoms with Gasteiger partial charge < -0.3 is 0 Å². The number of carbonyl (C=O) groups is 3. The van der Waals surface area contributed by atoms with Crippen LogP contribution < -0.4 is 10.2 Å². The molecular formula is C15H10BrN3O3. The van der Waals surface area contributed by atoms with Crippen molar-refractivity contribution < 1.29 is 14.4 Å². The van der Waals surface area contributed by atoms with Gasteiger partial charge in [-0.25, -0.2) is 0 Å². The largest absolute Gasteiger partial charge is 0.295 e. The quantitative estimate of drug-likeness (QED) is 0.786. The van der Waals surface area contributed by atoms with Crippen molar-refractivity contribution in [3.05, 3.63) is 34.4 Å². The molecule has 110 valence electrons. The van der Waals surface area contributed by atoms with E-state index >= 15 is 0 Å². The highest BCUT2D eigenvalue weighted by molar-refractivity contribution is 9.10. The molecule has 2 aromatic rings. The Labute approximate surface area is 133 Å². The molecule has 1 unspecified atom stereocenters. The topological polar surface area (TPSA) is 79.4 Å². The van der Waals surface area contributed by atoms with E-state index in [2.05, 4.69) is 26.2 Å². The lowest BCUT2D eigenvalue weighted by Gasteiger charge is -2.30. The Morgan fingerprint density at radius 2 is 2.05 bits per heavy atom. The highest BCUT2D eigenvalue weighted by Gasteiger charge is 2.41. The molecule has 7 heteroatoms. The minimum atomic E-state index is -0.671. The van der Waals surface area contributed by atoms with Gasteiger partial charge in [0, 0.05) is 22.5 Å². The molecular weight excluding hydrogens is 350 g/mol.